The fraction of sp³-hybridized carbons (Fsp3) is 0.739. The van der Waals surface area contributed by atoms with Crippen LogP contribution in [0.25, 0.3) is 0 Å². The highest BCUT2D eigenvalue weighted by molar-refractivity contribution is 5.70. The summed E-state index contributed by atoms with van der Waals surface area (Å²) >= 11 is 0. The fourth-order valence-electron chi connectivity index (χ4n) is 4.71. The maximum Gasteiger partial charge on any atom is 0.410 e. The number of likely N-dealkylation sites (N-methyl/N-ethyl adjacent to an activating group) is 1. The van der Waals surface area contributed by atoms with E-state index in [2.05, 4.69) is 27.9 Å². The summed E-state index contributed by atoms with van der Waals surface area (Å²) in [5.74, 6) is 6.87. The number of nitrogens with two attached hydrogens (primary N) is 1. The molecule has 3 aliphatic heterocycles. The molecule has 0 saturated carbocycles. The van der Waals surface area contributed by atoms with Gasteiger partial charge in [-0.05, 0) is 47.2 Å². The maximum absolute atomic E-state index is 12.8. The molecule has 0 aliphatic carbocycles. The predicted octanol–water partition coefficient (Wildman–Crippen LogP) is 1.48. The molecule has 1 aromatic heterocycles. The van der Waals surface area contributed by atoms with Crippen LogP contribution in [-0.4, -0.2) is 88.4 Å². The van der Waals surface area contributed by atoms with Crippen molar-refractivity contribution in [3.63, 3.8) is 0 Å². The Balaban J connectivity index is 1.58. The number of likely N-dealkylation sites (tertiary alicyclic amines) is 1. The highest BCUT2D eigenvalue weighted by Crippen LogP contribution is 2.33. The van der Waals surface area contributed by atoms with E-state index in [1.165, 1.54) is 0 Å². The Bertz CT molecular complexity index is 943. The number of anilines is 1. The number of carbonyl (C=O) groups is 1. The van der Waals surface area contributed by atoms with Gasteiger partial charge in [0.05, 0.1) is 37.3 Å². The molecule has 11 heteroatoms. The van der Waals surface area contributed by atoms with E-state index in [1.807, 2.05) is 20.8 Å². The van der Waals surface area contributed by atoms with Crippen molar-refractivity contribution in [2.24, 2.45) is 5.84 Å². The van der Waals surface area contributed by atoms with Crippen molar-refractivity contribution in [1.29, 1.82) is 5.26 Å². The normalized spacial score (nSPS) is 23.6. The number of piperazine rings is 1. The van der Waals surface area contributed by atoms with E-state index < -0.39 is 5.60 Å². The van der Waals surface area contributed by atoms with Crippen molar-refractivity contribution in [2.45, 2.75) is 70.8 Å². The van der Waals surface area contributed by atoms with E-state index >= 15 is 0 Å². The Morgan fingerprint density at radius 3 is 2.68 bits per heavy atom. The molecule has 2 fully saturated rings. The van der Waals surface area contributed by atoms with Crippen molar-refractivity contribution in [3.05, 3.63) is 11.3 Å². The van der Waals surface area contributed by atoms with Gasteiger partial charge >= 0.3 is 12.1 Å². The second-order valence-electron chi connectivity index (χ2n) is 10.4. The summed E-state index contributed by atoms with van der Waals surface area (Å²) in [5, 5.41) is 10.9. The number of hydrazine groups is 1. The van der Waals surface area contributed by atoms with Crippen LogP contribution in [0.4, 0.5) is 10.6 Å². The molecule has 186 valence electrons. The fourth-order valence-corrected chi connectivity index (χ4v) is 4.71. The Hall–Kier alpha value is -2.68. The third-order valence-electron chi connectivity index (χ3n) is 6.62. The van der Waals surface area contributed by atoms with Gasteiger partial charge in [0.25, 0.3) is 0 Å². The van der Waals surface area contributed by atoms with Gasteiger partial charge in [0.15, 0.2) is 0 Å². The number of rotatable bonds is 5. The van der Waals surface area contributed by atoms with Gasteiger partial charge in [-0.15, -0.1) is 0 Å². The summed E-state index contributed by atoms with van der Waals surface area (Å²) < 4.78 is 11.7. The molecule has 1 aromatic rings. The zero-order valence-corrected chi connectivity index (χ0v) is 20.7. The van der Waals surface area contributed by atoms with Crippen LogP contribution in [0, 0.1) is 11.3 Å². The first-order chi connectivity index (χ1) is 16.1. The number of aromatic nitrogens is 2. The van der Waals surface area contributed by atoms with Gasteiger partial charge in [-0.1, -0.05) is 0 Å². The zero-order valence-electron chi connectivity index (χ0n) is 20.7. The third kappa shape index (κ3) is 5.51. The van der Waals surface area contributed by atoms with E-state index in [0.717, 1.165) is 36.5 Å². The number of hydrogen-bond acceptors (Lipinski definition) is 10. The molecule has 2 atom stereocenters. The monoisotopic (exact) mass is 472 g/mol. The third-order valence-corrected chi connectivity index (χ3v) is 6.62. The summed E-state index contributed by atoms with van der Waals surface area (Å²) in [5.41, 5.74) is 1.10. The van der Waals surface area contributed by atoms with Gasteiger partial charge in [-0.2, -0.15) is 15.2 Å². The minimum Gasteiger partial charge on any atom is -0.462 e. The van der Waals surface area contributed by atoms with Crippen LogP contribution in [0.5, 0.6) is 6.01 Å². The zero-order chi connectivity index (χ0) is 24.5. The van der Waals surface area contributed by atoms with E-state index in [1.54, 1.807) is 9.91 Å². The molecule has 11 nitrogen and oxygen atoms in total. The van der Waals surface area contributed by atoms with Gasteiger partial charge in [0.2, 0.25) is 0 Å². The van der Waals surface area contributed by atoms with Gasteiger partial charge in [-0.3, -0.25) is 10.7 Å². The van der Waals surface area contributed by atoms with E-state index in [-0.39, 0.29) is 12.1 Å². The number of ether oxygens (including phenoxy) is 2. The van der Waals surface area contributed by atoms with Crippen LogP contribution < -0.4 is 15.5 Å². The predicted molar refractivity (Wildman–Crippen MR) is 126 cm³/mol. The van der Waals surface area contributed by atoms with Crippen LogP contribution in [0.3, 0.4) is 0 Å². The minimum atomic E-state index is -0.579. The topological polar surface area (TPSA) is 124 Å². The highest BCUT2D eigenvalue weighted by atomic mass is 16.6. The number of hydrogen-bond donors (Lipinski definition) is 1. The Morgan fingerprint density at radius 2 is 2.00 bits per heavy atom. The van der Waals surface area contributed by atoms with Gasteiger partial charge in [-0.25, -0.2) is 9.80 Å². The molecular weight excluding hydrogens is 436 g/mol. The smallest absolute Gasteiger partial charge is 0.410 e. The first kappa shape index (κ1) is 24.4. The molecule has 0 bridgehead atoms. The second-order valence-corrected chi connectivity index (χ2v) is 10.4. The number of amides is 1. The van der Waals surface area contributed by atoms with Crippen molar-refractivity contribution in [2.75, 3.05) is 44.7 Å². The lowest BCUT2D eigenvalue weighted by atomic mass is 10.1. The lowest BCUT2D eigenvalue weighted by Gasteiger charge is -2.39. The summed E-state index contributed by atoms with van der Waals surface area (Å²) in [6.07, 6.45) is 2.21. The molecule has 0 radical (unpaired) electrons. The van der Waals surface area contributed by atoms with Crippen LogP contribution in [0.1, 0.15) is 51.3 Å². The Morgan fingerprint density at radius 1 is 1.21 bits per heavy atom. The van der Waals surface area contributed by atoms with Crippen LogP contribution >= 0.6 is 0 Å². The summed E-state index contributed by atoms with van der Waals surface area (Å²) in [6.45, 7) is 9.73. The lowest BCUT2D eigenvalue weighted by molar-refractivity contribution is 0.0240. The van der Waals surface area contributed by atoms with Crippen molar-refractivity contribution >= 4 is 11.9 Å². The van der Waals surface area contributed by atoms with Gasteiger partial charge in [0.1, 0.15) is 18.0 Å². The van der Waals surface area contributed by atoms with Crippen molar-refractivity contribution in [1.82, 2.24) is 24.8 Å². The molecular formula is C23H36N8O3. The Labute approximate surface area is 201 Å². The van der Waals surface area contributed by atoms with Crippen LogP contribution in [-0.2, 0) is 17.8 Å². The molecule has 1 amide bonds. The average molecular weight is 473 g/mol. The quantitative estimate of drug-likeness (QED) is 0.630. The van der Waals surface area contributed by atoms with Crippen molar-refractivity contribution < 1.29 is 14.3 Å². The molecule has 0 aromatic carbocycles. The molecule has 2 unspecified atom stereocenters. The number of fused-ring (bicyclic) bond motifs is 1. The first-order valence-corrected chi connectivity index (χ1v) is 12.0. The molecule has 34 heavy (non-hydrogen) atoms. The molecule has 2 N–H and O–H groups in total. The van der Waals surface area contributed by atoms with Gasteiger partial charge < -0.3 is 19.3 Å². The number of nitriles is 1. The van der Waals surface area contributed by atoms with Gasteiger partial charge in [0, 0.05) is 31.2 Å². The average Bonchev–Trinajstić information content (AvgIpc) is 3.38. The second kappa shape index (κ2) is 9.90. The summed E-state index contributed by atoms with van der Waals surface area (Å²) in [4.78, 5) is 28.3. The van der Waals surface area contributed by atoms with Crippen LogP contribution in [0.2, 0.25) is 0 Å². The first-order valence-electron chi connectivity index (χ1n) is 12.0. The molecule has 4 heterocycles. The molecule has 4 rings (SSSR count). The largest absolute Gasteiger partial charge is 0.462 e. The SMILES string of the molecule is CN1CCCC1COc1nc2c(c(N3CCN(N)C(CC#N)C3)n1)CN(C(=O)OC(C)(C)C)C2. The van der Waals surface area contributed by atoms with E-state index in [4.69, 9.17) is 20.3 Å². The highest BCUT2D eigenvalue weighted by Gasteiger charge is 2.35. The summed E-state index contributed by atoms with van der Waals surface area (Å²) in [6, 6.07) is 2.80. The minimum absolute atomic E-state index is 0.0933. The number of carbonyl (C=O) groups excluding carboxylic acids is 1. The number of nitrogens with zero attached hydrogens (tertiary/aromatic N) is 7. The van der Waals surface area contributed by atoms with E-state index in [9.17, 15) is 10.1 Å². The lowest BCUT2D eigenvalue weighted by Crippen LogP contribution is -2.56. The van der Waals surface area contributed by atoms with Crippen molar-refractivity contribution in [3.8, 4) is 12.1 Å². The molecule has 0 spiro atoms. The molecule has 2 saturated heterocycles. The molecule has 3 aliphatic rings. The summed E-state index contributed by atoms with van der Waals surface area (Å²) in [7, 11) is 2.11. The van der Waals surface area contributed by atoms with E-state index in [0.29, 0.717) is 57.8 Å². The van der Waals surface area contributed by atoms with Crippen LogP contribution in [0.15, 0.2) is 0 Å². The Kier molecular flexibility index (Phi) is 7.12. The maximum atomic E-state index is 12.8. The standard InChI is InChI=1S/C23H36N8O3/c1-23(2,3)34-22(32)30-13-18-19(14-30)26-21(33-15-17-6-5-9-28(17)4)27-20(18)29-10-11-31(25)16(12-29)7-8-24/h16-17H,5-7,9-15,25H2,1-4H3.